The molecule has 1 N–H and O–H groups in total. The number of benzene rings is 2. The van der Waals surface area contributed by atoms with Crippen LogP contribution in [-0.4, -0.2) is 16.7 Å². The first-order valence-corrected chi connectivity index (χ1v) is 7.03. The summed E-state index contributed by atoms with van der Waals surface area (Å²) in [6.07, 6.45) is 1.10. The van der Waals surface area contributed by atoms with Crippen LogP contribution in [0.25, 0.3) is 10.9 Å². The maximum atomic E-state index is 10.6. The summed E-state index contributed by atoms with van der Waals surface area (Å²) in [4.78, 5) is 4.29. The van der Waals surface area contributed by atoms with Crippen molar-refractivity contribution in [3.63, 3.8) is 0 Å². The summed E-state index contributed by atoms with van der Waals surface area (Å²) in [5.74, 6) is 0.775. The first-order valence-electron chi connectivity index (χ1n) is 7.03. The van der Waals surface area contributed by atoms with Crippen LogP contribution in [0.5, 0.6) is 5.75 Å². The molecule has 3 nitrogen and oxygen atoms in total. The van der Waals surface area contributed by atoms with Crippen LogP contribution in [0.2, 0.25) is 0 Å². The van der Waals surface area contributed by atoms with Gasteiger partial charge in [0, 0.05) is 11.6 Å². The summed E-state index contributed by atoms with van der Waals surface area (Å²) in [5.41, 5.74) is 2.60. The maximum absolute atomic E-state index is 10.6. The highest BCUT2D eigenvalue weighted by Gasteiger charge is 2.12. The quantitative estimate of drug-likeness (QED) is 0.791. The Labute approximate surface area is 123 Å². The molecule has 0 spiro atoms. The molecule has 2 aromatic carbocycles. The lowest BCUT2D eigenvalue weighted by Gasteiger charge is -2.13. The smallest absolute Gasteiger partial charge is 0.119 e. The highest BCUT2D eigenvalue weighted by Crippen LogP contribution is 2.27. The molecule has 1 atom stereocenters. The van der Waals surface area contributed by atoms with Crippen LogP contribution in [0.4, 0.5) is 0 Å². The zero-order chi connectivity index (χ0) is 14.7. The zero-order valence-electron chi connectivity index (χ0n) is 11.9. The van der Waals surface area contributed by atoms with Gasteiger partial charge in [0.1, 0.15) is 11.9 Å². The number of rotatable bonds is 4. The molecule has 3 rings (SSSR count). The molecule has 1 aromatic heterocycles. The van der Waals surface area contributed by atoms with Crippen molar-refractivity contribution in [3.05, 3.63) is 71.9 Å². The highest BCUT2D eigenvalue weighted by molar-refractivity contribution is 5.79. The van der Waals surface area contributed by atoms with Crippen molar-refractivity contribution < 1.29 is 9.84 Å². The summed E-state index contributed by atoms with van der Waals surface area (Å²) in [6, 6.07) is 17.3. The molecule has 0 aliphatic heterocycles. The van der Waals surface area contributed by atoms with E-state index in [1.54, 1.807) is 6.20 Å². The highest BCUT2D eigenvalue weighted by atomic mass is 16.5. The van der Waals surface area contributed by atoms with Gasteiger partial charge in [0.25, 0.3) is 0 Å². The number of pyridine rings is 1. The van der Waals surface area contributed by atoms with Gasteiger partial charge in [-0.1, -0.05) is 24.3 Å². The van der Waals surface area contributed by atoms with Crippen molar-refractivity contribution in [3.8, 4) is 5.75 Å². The number of ether oxygens (including phenoxy) is 1. The van der Waals surface area contributed by atoms with Gasteiger partial charge in [0.2, 0.25) is 0 Å². The minimum Gasteiger partial charge on any atom is -0.494 e. The predicted octanol–water partition coefficient (Wildman–Crippen LogP) is 3.72. The number of hydrogen-bond donors (Lipinski definition) is 1. The van der Waals surface area contributed by atoms with Gasteiger partial charge in [-0.2, -0.15) is 0 Å². The van der Waals surface area contributed by atoms with E-state index >= 15 is 0 Å². The SMILES string of the molecule is CCOc1cccc(C(O)c2ccc3ncccc3c2)c1. The number of nitrogens with zero attached hydrogens (tertiary/aromatic N) is 1. The molecular formula is C18H17NO2. The van der Waals surface area contributed by atoms with Crippen molar-refractivity contribution in [1.82, 2.24) is 4.98 Å². The number of aliphatic hydroxyl groups is 1. The van der Waals surface area contributed by atoms with Crippen LogP contribution in [-0.2, 0) is 0 Å². The summed E-state index contributed by atoms with van der Waals surface area (Å²) in [6.45, 7) is 2.56. The van der Waals surface area contributed by atoms with Crippen LogP contribution >= 0.6 is 0 Å². The third-order valence-electron chi connectivity index (χ3n) is 3.43. The second-order valence-corrected chi connectivity index (χ2v) is 4.86. The zero-order valence-corrected chi connectivity index (χ0v) is 11.9. The molecule has 21 heavy (non-hydrogen) atoms. The number of aromatic nitrogens is 1. The number of aliphatic hydroxyl groups excluding tert-OH is 1. The fourth-order valence-corrected chi connectivity index (χ4v) is 2.40. The van der Waals surface area contributed by atoms with E-state index in [2.05, 4.69) is 4.98 Å². The summed E-state index contributed by atoms with van der Waals surface area (Å²) < 4.78 is 5.48. The molecule has 0 radical (unpaired) electrons. The van der Waals surface area contributed by atoms with E-state index < -0.39 is 6.10 Å². The Morgan fingerprint density at radius 2 is 1.90 bits per heavy atom. The van der Waals surface area contributed by atoms with Crippen LogP contribution in [0.15, 0.2) is 60.8 Å². The van der Waals surface area contributed by atoms with Gasteiger partial charge < -0.3 is 9.84 Å². The van der Waals surface area contributed by atoms with E-state index in [-0.39, 0.29) is 0 Å². The third kappa shape index (κ3) is 2.88. The summed E-state index contributed by atoms with van der Waals surface area (Å²) >= 11 is 0. The fourth-order valence-electron chi connectivity index (χ4n) is 2.40. The van der Waals surface area contributed by atoms with Crippen LogP contribution < -0.4 is 4.74 Å². The van der Waals surface area contributed by atoms with Gasteiger partial charge in [-0.05, 0) is 48.4 Å². The second-order valence-electron chi connectivity index (χ2n) is 4.86. The lowest BCUT2D eigenvalue weighted by molar-refractivity contribution is 0.219. The van der Waals surface area contributed by atoms with Gasteiger partial charge in [-0.25, -0.2) is 0 Å². The van der Waals surface area contributed by atoms with Crippen molar-refractivity contribution >= 4 is 10.9 Å². The van der Waals surface area contributed by atoms with Crippen LogP contribution in [0.1, 0.15) is 24.2 Å². The molecule has 0 saturated heterocycles. The molecule has 0 saturated carbocycles. The number of hydrogen-bond acceptors (Lipinski definition) is 3. The van der Waals surface area contributed by atoms with Crippen molar-refractivity contribution in [2.45, 2.75) is 13.0 Å². The first kappa shape index (κ1) is 13.6. The molecule has 1 unspecified atom stereocenters. The van der Waals surface area contributed by atoms with Gasteiger partial charge in [0.05, 0.1) is 12.1 Å². The minimum atomic E-state index is -0.671. The molecule has 0 bridgehead atoms. The van der Waals surface area contributed by atoms with Gasteiger partial charge in [-0.15, -0.1) is 0 Å². The van der Waals surface area contributed by atoms with Gasteiger partial charge >= 0.3 is 0 Å². The Morgan fingerprint density at radius 1 is 1.05 bits per heavy atom. The van der Waals surface area contributed by atoms with Gasteiger partial charge in [-0.3, -0.25) is 4.98 Å². The van der Waals surface area contributed by atoms with Crippen LogP contribution in [0, 0.1) is 0 Å². The molecule has 1 heterocycles. The molecule has 0 aliphatic rings. The van der Waals surface area contributed by atoms with E-state index in [1.807, 2.05) is 61.5 Å². The normalized spacial score (nSPS) is 12.3. The lowest BCUT2D eigenvalue weighted by Crippen LogP contribution is -2.01. The topological polar surface area (TPSA) is 42.4 Å². The average Bonchev–Trinajstić information content (AvgIpc) is 2.54. The second kappa shape index (κ2) is 5.94. The molecule has 0 aliphatic carbocycles. The van der Waals surface area contributed by atoms with E-state index in [4.69, 9.17) is 4.74 Å². The Kier molecular flexibility index (Phi) is 3.84. The molecule has 0 amide bonds. The Bertz CT molecular complexity index is 755. The predicted molar refractivity (Wildman–Crippen MR) is 83.4 cm³/mol. The summed E-state index contributed by atoms with van der Waals surface area (Å²) in [7, 11) is 0. The van der Waals surface area contributed by atoms with E-state index in [9.17, 15) is 5.11 Å². The van der Waals surface area contributed by atoms with Crippen molar-refractivity contribution in [2.24, 2.45) is 0 Å². The van der Waals surface area contributed by atoms with Crippen molar-refractivity contribution in [2.75, 3.05) is 6.61 Å². The lowest BCUT2D eigenvalue weighted by atomic mass is 10.00. The standard InChI is InChI=1S/C18H17NO2/c1-2-21-16-7-3-5-14(12-16)18(20)15-8-9-17-13(11-15)6-4-10-19-17/h3-12,18,20H,2H2,1H3. The van der Waals surface area contributed by atoms with E-state index in [0.717, 1.165) is 27.8 Å². The van der Waals surface area contributed by atoms with E-state index in [1.165, 1.54) is 0 Å². The minimum absolute atomic E-state index is 0.612. The Morgan fingerprint density at radius 3 is 2.76 bits per heavy atom. The largest absolute Gasteiger partial charge is 0.494 e. The monoisotopic (exact) mass is 279 g/mol. The molecule has 3 heteroatoms. The third-order valence-corrected chi connectivity index (χ3v) is 3.43. The van der Waals surface area contributed by atoms with Gasteiger partial charge in [0.15, 0.2) is 0 Å². The van der Waals surface area contributed by atoms with Crippen molar-refractivity contribution in [1.29, 1.82) is 0 Å². The average molecular weight is 279 g/mol. The fraction of sp³-hybridized carbons (Fsp3) is 0.167. The molecule has 3 aromatic rings. The first-order chi connectivity index (χ1) is 10.3. The van der Waals surface area contributed by atoms with E-state index in [0.29, 0.717) is 6.61 Å². The van der Waals surface area contributed by atoms with Crippen LogP contribution in [0.3, 0.4) is 0 Å². The maximum Gasteiger partial charge on any atom is 0.119 e. The molecule has 106 valence electrons. The Balaban J connectivity index is 1.95. The Hall–Kier alpha value is -2.39. The summed E-state index contributed by atoms with van der Waals surface area (Å²) in [5, 5.41) is 11.6. The molecule has 0 fully saturated rings. The number of fused-ring (bicyclic) bond motifs is 1. The molecular weight excluding hydrogens is 262 g/mol.